The van der Waals surface area contributed by atoms with Crippen molar-refractivity contribution < 1.29 is 9.59 Å². The zero-order valence-electron chi connectivity index (χ0n) is 20.1. The minimum atomic E-state index is -0.351. The average Bonchev–Trinajstić information content (AvgIpc) is 3.45. The lowest BCUT2D eigenvalue weighted by Gasteiger charge is -2.26. The van der Waals surface area contributed by atoms with Crippen molar-refractivity contribution in [3.8, 4) is 16.9 Å². The molecule has 2 fully saturated rings. The first-order valence-corrected chi connectivity index (χ1v) is 13.8. The van der Waals surface area contributed by atoms with Gasteiger partial charge in [-0.05, 0) is 68.5 Å². The molecule has 3 aromatic rings. The highest BCUT2D eigenvalue weighted by molar-refractivity contribution is 8.26. The Morgan fingerprint density at radius 2 is 1.81 bits per heavy atom. The number of nitrogens with zero attached hydrogens (tertiary/aromatic N) is 4. The van der Waals surface area contributed by atoms with E-state index >= 15 is 0 Å². The van der Waals surface area contributed by atoms with Crippen molar-refractivity contribution in [3.63, 3.8) is 0 Å². The monoisotopic (exact) mass is 551 g/mol. The summed E-state index contributed by atoms with van der Waals surface area (Å²) in [4.78, 5) is 28.5. The summed E-state index contributed by atoms with van der Waals surface area (Å²) in [6.07, 6.45) is 7.55. The number of carbonyl (C=O) groups is 2. The molecule has 1 aromatic heterocycles. The molecule has 190 valence electrons. The van der Waals surface area contributed by atoms with Gasteiger partial charge in [-0.25, -0.2) is 4.68 Å². The van der Waals surface area contributed by atoms with E-state index in [1.807, 2.05) is 48.7 Å². The molecule has 0 aliphatic carbocycles. The summed E-state index contributed by atoms with van der Waals surface area (Å²) in [7, 11) is 0. The molecule has 0 unspecified atom stereocenters. The molecule has 0 saturated carbocycles. The summed E-state index contributed by atoms with van der Waals surface area (Å²) in [5.74, 6) is -0.572. The lowest BCUT2D eigenvalue weighted by Crippen LogP contribution is -2.46. The van der Waals surface area contributed by atoms with Crippen LogP contribution in [0.4, 0.5) is 0 Å². The molecule has 3 heterocycles. The van der Waals surface area contributed by atoms with Crippen molar-refractivity contribution in [3.05, 3.63) is 76.3 Å². The Morgan fingerprint density at radius 1 is 1.08 bits per heavy atom. The average molecular weight is 552 g/mol. The molecule has 0 radical (unpaired) electrons. The number of piperidine rings is 1. The van der Waals surface area contributed by atoms with Crippen molar-refractivity contribution in [2.75, 3.05) is 19.6 Å². The van der Waals surface area contributed by atoms with Crippen molar-refractivity contribution in [1.29, 1.82) is 0 Å². The summed E-state index contributed by atoms with van der Waals surface area (Å²) in [6, 6.07) is 17.1. The number of amides is 2. The minimum absolute atomic E-state index is 0.220. The molecule has 7 nitrogen and oxygen atoms in total. The molecule has 2 aromatic carbocycles. The molecule has 2 saturated heterocycles. The highest BCUT2D eigenvalue weighted by Gasteiger charge is 2.34. The number of hydrazine groups is 1. The molecule has 37 heavy (non-hydrogen) atoms. The fraction of sp³-hybridized carbons (Fsp3) is 0.259. The summed E-state index contributed by atoms with van der Waals surface area (Å²) in [5.41, 5.74) is 5.92. The summed E-state index contributed by atoms with van der Waals surface area (Å²) >= 11 is 12.7. The van der Waals surface area contributed by atoms with Crippen molar-refractivity contribution in [1.82, 2.24) is 25.1 Å². The van der Waals surface area contributed by atoms with Gasteiger partial charge in [-0.15, -0.1) is 0 Å². The van der Waals surface area contributed by atoms with Gasteiger partial charge in [0.15, 0.2) is 4.32 Å². The van der Waals surface area contributed by atoms with Gasteiger partial charge in [0.25, 0.3) is 5.91 Å². The zero-order valence-corrected chi connectivity index (χ0v) is 22.5. The number of thioether (sulfide) groups is 1. The number of benzene rings is 2. The number of thiocarbonyl (C=S) groups is 1. The Morgan fingerprint density at radius 3 is 2.54 bits per heavy atom. The fourth-order valence-corrected chi connectivity index (χ4v) is 5.66. The van der Waals surface area contributed by atoms with Crippen LogP contribution in [0.3, 0.4) is 0 Å². The normalized spacial score (nSPS) is 17.5. The Bertz CT molecular complexity index is 1330. The van der Waals surface area contributed by atoms with E-state index in [0.717, 1.165) is 41.7 Å². The lowest BCUT2D eigenvalue weighted by atomic mass is 10.1. The van der Waals surface area contributed by atoms with Gasteiger partial charge < -0.3 is 4.90 Å². The van der Waals surface area contributed by atoms with Crippen LogP contribution in [-0.4, -0.2) is 55.5 Å². The largest absolute Gasteiger partial charge is 0.303 e. The Labute approximate surface area is 230 Å². The van der Waals surface area contributed by atoms with E-state index in [2.05, 4.69) is 10.3 Å². The van der Waals surface area contributed by atoms with Gasteiger partial charge >= 0.3 is 0 Å². The molecule has 2 amide bonds. The second-order valence-corrected chi connectivity index (χ2v) is 11.0. The number of halogens is 1. The number of nitrogens with one attached hydrogen (secondary N) is 1. The van der Waals surface area contributed by atoms with Crippen LogP contribution in [0, 0.1) is 0 Å². The Hall–Kier alpha value is -2.98. The summed E-state index contributed by atoms with van der Waals surface area (Å²) in [6.45, 7) is 2.72. The molecule has 5 rings (SSSR count). The number of carbonyl (C=O) groups excluding carboxylic acids is 2. The van der Waals surface area contributed by atoms with Crippen LogP contribution < -0.4 is 5.43 Å². The molecule has 2 aliphatic heterocycles. The lowest BCUT2D eigenvalue weighted by molar-refractivity contribution is -0.133. The van der Waals surface area contributed by atoms with E-state index in [4.69, 9.17) is 28.9 Å². The number of rotatable bonds is 7. The maximum absolute atomic E-state index is 13.2. The van der Waals surface area contributed by atoms with Crippen LogP contribution >= 0.6 is 35.6 Å². The molecular formula is C27H26ClN5O2S2. The van der Waals surface area contributed by atoms with Gasteiger partial charge in [-0.2, -0.15) is 10.1 Å². The first-order chi connectivity index (χ1) is 18.0. The van der Waals surface area contributed by atoms with E-state index in [9.17, 15) is 9.59 Å². The van der Waals surface area contributed by atoms with Gasteiger partial charge in [0.1, 0.15) is 0 Å². The number of para-hydroxylation sites is 1. The van der Waals surface area contributed by atoms with E-state index in [1.165, 1.54) is 24.3 Å². The highest BCUT2D eigenvalue weighted by atomic mass is 35.5. The van der Waals surface area contributed by atoms with Crippen molar-refractivity contribution in [2.24, 2.45) is 0 Å². The second kappa shape index (κ2) is 11.6. The SMILES string of the molecule is O=C(CCN1CCCCC1)NN1C(=O)C(=Cc2cn(-c3ccccc3)nc2-c2ccc(Cl)cc2)SC1=S. The predicted molar refractivity (Wildman–Crippen MR) is 152 cm³/mol. The Kier molecular flexibility index (Phi) is 8.05. The zero-order chi connectivity index (χ0) is 25.8. The first kappa shape index (κ1) is 25.7. The van der Waals surface area contributed by atoms with Gasteiger partial charge in [0.05, 0.1) is 16.3 Å². The van der Waals surface area contributed by atoms with Crippen LogP contribution in [0.15, 0.2) is 65.7 Å². The number of hydrogen-bond acceptors (Lipinski definition) is 6. The molecule has 10 heteroatoms. The van der Waals surface area contributed by atoms with E-state index in [0.29, 0.717) is 32.9 Å². The maximum Gasteiger partial charge on any atom is 0.285 e. The predicted octanol–water partition coefficient (Wildman–Crippen LogP) is 5.30. The quantitative estimate of drug-likeness (QED) is 0.317. The summed E-state index contributed by atoms with van der Waals surface area (Å²) in [5, 5.41) is 6.59. The molecular weight excluding hydrogens is 526 g/mol. The number of hydrogen-bond donors (Lipinski definition) is 1. The van der Waals surface area contributed by atoms with E-state index < -0.39 is 0 Å². The van der Waals surface area contributed by atoms with E-state index in [-0.39, 0.29) is 11.8 Å². The van der Waals surface area contributed by atoms with Crippen LogP contribution in [0.1, 0.15) is 31.2 Å². The van der Waals surface area contributed by atoms with Gasteiger partial charge in [-0.3, -0.25) is 15.0 Å². The topological polar surface area (TPSA) is 70.5 Å². The van der Waals surface area contributed by atoms with E-state index in [1.54, 1.807) is 22.9 Å². The molecule has 1 N–H and O–H groups in total. The standard InChI is InChI=1S/C27H26ClN5O2S2/c28-21-11-9-19(10-12-21)25-20(18-32(30-25)22-7-3-1-4-8-22)17-23-26(35)33(27(36)37-23)29-24(34)13-16-31-14-5-2-6-15-31/h1,3-4,7-12,17-18H,2,5-6,13-16H2,(H,29,34). The molecule has 0 bridgehead atoms. The Balaban J connectivity index is 1.36. The van der Waals surface area contributed by atoms with Crippen LogP contribution in [0.5, 0.6) is 0 Å². The fourth-order valence-electron chi connectivity index (χ4n) is 4.37. The van der Waals surface area contributed by atoms with Crippen molar-refractivity contribution >= 4 is 57.8 Å². The van der Waals surface area contributed by atoms with Gasteiger partial charge in [-0.1, -0.05) is 60.1 Å². The third-order valence-corrected chi connectivity index (χ3v) is 7.86. The second-order valence-electron chi connectivity index (χ2n) is 8.92. The number of aromatic nitrogens is 2. The van der Waals surface area contributed by atoms with Crippen LogP contribution in [-0.2, 0) is 9.59 Å². The molecule has 0 atom stereocenters. The first-order valence-electron chi connectivity index (χ1n) is 12.2. The minimum Gasteiger partial charge on any atom is -0.303 e. The van der Waals surface area contributed by atoms with Crippen LogP contribution in [0.25, 0.3) is 23.0 Å². The smallest absolute Gasteiger partial charge is 0.285 e. The number of likely N-dealkylation sites (tertiary alicyclic amines) is 1. The highest BCUT2D eigenvalue weighted by Crippen LogP contribution is 2.34. The van der Waals surface area contributed by atoms with Crippen molar-refractivity contribution in [2.45, 2.75) is 25.7 Å². The third kappa shape index (κ3) is 6.13. The third-order valence-electron chi connectivity index (χ3n) is 6.30. The van der Waals surface area contributed by atoms with Crippen LogP contribution in [0.2, 0.25) is 5.02 Å². The summed E-state index contributed by atoms with van der Waals surface area (Å²) < 4.78 is 2.07. The van der Waals surface area contributed by atoms with Gasteiger partial charge in [0.2, 0.25) is 5.91 Å². The molecule has 0 spiro atoms. The molecule has 2 aliphatic rings. The van der Waals surface area contributed by atoms with Gasteiger partial charge in [0, 0.05) is 35.3 Å². The maximum atomic E-state index is 13.2.